The van der Waals surface area contributed by atoms with Crippen LogP contribution in [0.25, 0.3) is 0 Å². The molecule has 0 bridgehead atoms. The van der Waals surface area contributed by atoms with E-state index < -0.39 is 46.8 Å². The first-order valence-corrected chi connectivity index (χ1v) is 10.0. The van der Waals surface area contributed by atoms with Crippen LogP contribution in [0.2, 0.25) is 0 Å². The summed E-state index contributed by atoms with van der Waals surface area (Å²) >= 11 is 0. The third-order valence-electron chi connectivity index (χ3n) is 4.15. The van der Waals surface area contributed by atoms with Crippen LogP contribution in [0.4, 0.5) is 24.8 Å². The molecule has 164 valence electrons. The highest BCUT2D eigenvalue weighted by Gasteiger charge is 2.38. The quantitative estimate of drug-likeness (QED) is 0.606. The van der Waals surface area contributed by atoms with Crippen molar-refractivity contribution in [2.75, 3.05) is 25.5 Å². The number of benzene rings is 1. The maximum atomic E-state index is 13.4. The van der Waals surface area contributed by atoms with Crippen LogP contribution in [-0.2, 0) is 20.9 Å². The van der Waals surface area contributed by atoms with Crippen LogP contribution >= 0.6 is 0 Å². The minimum Gasteiger partial charge on any atom is -0.469 e. The van der Waals surface area contributed by atoms with E-state index in [-0.39, 0.29) is 36.2 Å². The van der Waals surface area contributed by atoms with Gasteiger partial charge in [0.2, 0.25) is 21.9 Å². The Labute approximate surface area is 174 Å². The second-order valence-electron chi connectivity index (χ2n) is 6.25. The molecule has 0 amide bonds. The van der Waals surface area contributed by atoms with Gasteiger partial charge in [0, 0.05) is 29.0 Å². The number of alkyl halides is 3. The Morgan fingerprint density at radius 3 is 2.70 bits per heavy atom. The van der Waals surface area contributed by atoms with Gasteiger partial charge < -0.3 is 19.9 Å². The summed E-state index contributed by atoms with van der Waals surface area (Å²) < 4.78 is 97.1. The van der Waals surface area contributed by atoms with Crippen molar-refractivity contribution in [2.45, 2.75) is 29.7 Å². The van der Waals surface area contributed by atoms with E-state index in [1.54, 1.807) is 0 Å². The second kappa shape index (κ2) is 8.71. The smallest absolute Gasteiger partial charge is 0.423 e. The second-order valence-corrected chi connectivity index (χ2v) is 7.93. The molecule has 1 aliphatic heterocycles. The number of sulfonamides is 1. The summed E-state index contributed by atoms with van der Waals surface area (Å²) in [4.78, 5) is 7.02. The fraction of sp³-hybridized carbons (Fsp3) is 0.412. The zero-order valence-corrected chi connectivity index (χ0v) is 16.0. The molecule has 30 heavy (non-hydrogen) atoms. The van der Waals surface area contributed by atoms with E-state index in [1.165, 1.54) is 16.9 Å². The highest BCUT2D eigenvalue weighted by Crippen LogP contribution is 2.36. The topological polar surface area (TPSA) is 123 Å². The Kier molecular flexibility index (Phi) is 5.32. The van der Waals surface area contributed by atoms with Crippen LogP contribution in [-0.4, -0.2) is 55.9 Å². The van der Waals surface area contributed by atoms with Crippen molar-refractivity contribution in [3.8, 4) is 5.88 Å². The summed E-state index contributed by atoms with van der Waals surface area (Å²) in [5, 5.41) is 12.6. The van der Waals surface area contributed by atoms with Gasteiger partial charge in [0.15, 0.2) is 0 Å². The number of nitrogens with one attached hydrogen (secondary N) is 2. The van der Waals surface area contributed by atoms with Gasteiger partial charge in [-0.25, -0.2) is 18.1 Å². The van der Waals surface area contributed by atoms with Crippen molar-refractivity contribution < 1.29 is 40.3 Å². The van der Waals surface area contributed by atoms with Gasteiger partial charge in [0.1, 0.15) is 11.7 Å². The first-order valence-electron chi connectivity index (χ1n) is 10.0. The average molecular weight is 451 g/mol. The van der Waals surface area contributed by atoms with E-state index in [9.17, 15) is 26.7 Å². The van der Waals surface area contributed by atoms with E-state index in [4.69, 9.17) is 13.6 Å². The van der Waals surface area contributed by atoms with Crippen LogP contribution in [0.1, 0.15) is 16.1 Å². The SMILES string of the molecule is [2H]C([2H])([2H])NS(=O)(=O)c1ccc(Nc2ncc(C(F)(F)F)c(O[C@H]3COCC[C@H]3O)n2)cc1. The maximum absolute atomic E-state index is 13.4. The number of halogens is 3. The molecule has 9 nitrogen and oxygen atoms in total. The molecule has 0 spiro atoms. The lowest BCUT2D eigenvalue weighted by Crippen LogP contribution is -2.41. The minimum absolute atomic E-state index is 0.120. The molecule has 0 aliphatic carbocycles. The molecule has 2 atom stereocenters. The van der Waals surface area contributed by atoms with E-state index in [0.29, 0.717) is 6.20 Å². The lowest BCUT2D eigenvalue weighted by atomic mass is 10.1. The summed E-state index contributed by atoms with van der Waals surface area (Å²) in [5.41, 5.74) is -1.04. The molecule has 0 saturated carbocycles. The summed E-state index contributed by atoms with van der Waals surface area (Å²) in [7, 11) is -4.31. The summed E-state index contributed by atoms with van der Waals surface area (Å²) in [6, 6.07) is 4.67. The van der Waals surface area contributed by atoms with Crippen molar-refractivity contribution >= 4 is 21.7 Å². The Bertz CT molecular complexity index is 1080. The van der Waals surface area contributed by atoms with Gasteiger partial charge in [0.25, 0.3) is 0 Å². The number of aromatic nitrogens is 2. The zero-order valence-electron chi connectivity index (χ0n) is 18.2. The van der Waals surface area contributed by atoms with Crippen LogP contribution in [0.3, 0.4) is 0 Å². The summed E-state index contributed by atoms with van der Waals surface area (Å²) in [6.07, 6.45) is -6.21. The lowest BCUT2D eigenvalue weighted by Gasteiger charge is -2.28. The Morgan fingerprint density at radius 1 is 1.33 bits per heavy atom. The molecule has 2 aromatic rings. The average Bonchev–Trinajstić information content (AvgIpc) is 2.68. The monoisotopic (exact) mass is 451 g/mol. The largest absolute Gasteiger partial charge is 0.469 e. The number of nitrogens with zero attached hydrogens (tertiary/aromatic N) is 2. The van der Waals surface area contributed by atoms with Crippen LogP contribution < -0.4 is 14.8 Å². The number of rotatable bonds is 6. The maximum Gasteiger partial charge on any atom is 0.423 e. The van der Waals surface area contributed by atoms with Crippen molar-refractivity contribution in [3.05, 3.63) is 36.0 Å². The van der Waals surface area contributed by atoms with Crippen LogP contribution in [0, 0.1) is 0 Å². The fourth-order valence-corrected chi connectivity index (χ4v) is 3.18. The molecule has 1 aromatic carbocycles. The molecular formula is C17H19F3N4O5S. The first kappa shape index (κ1) is 18.3. The molecule has 1 aliphatic rings. The van der Waals surface area contributed by atoms with E-state index >= 15 is 0 Å². The highest BCUT2D eigenvalue weighted by atomic mass is 32.2. The van der Waals surface area contributed by atoms with Gasteiger partial charge in [-0.1, -0.05) is 0 Å². The van der Waals surface area contributed by atoms with Gasteiger partial charge >= 0.3 is 6.18 Å². The molecule has 2 heterocycles. The van der Waals surface area contributed by atoms with E-state index in [0.717, 1.165) is 12.1 Å². The third-order valence-corrected chi connectivity index (χ3v) is 5.31. The van der Waals surface area contributed by atoms with Gasteiger partial charge in [-0.15, -0.1) is 0 Å². The predicted molar refractivity (Wildman–Crippen MR) is 98.9 cm³/mol. The van der Waals surface area contributed by atoms with Crippen molar-refractivity contribution in [3.63, 3.8) is 0 Å². The molecule has 0 radical (unpaired) electrons. The third kappa shape index (κ3) is 5.16. The lowest BCUT2D eigenvalue weighted by molar-refractivity contribution is -0.142. The molecule has 13 heteroatoms. The Morgan fingerprint density at radius 2 is 2.07 bits per heavy atom. The number of ether oxygens (including phenoxy) is 2. The Balaban J connectivity index is 1.82. The number of aliphatic hydroxyl groups excluding tert-OH is 1. The van der Waals surface area contributed by atoms with E-state index in [2.05, 4.69) is 15.3 Å². The molecule has 1 aromatic heterocycles. The summed E-state index contributed by atoms with van der Waals surface area (Å²) in [5.74, 6) is -1.10. The molecular weight excluding hydrogens is 429 g/mol. The number of hydrogen-bond acceptors (Lipinski definition) is 8. The van der Waals surface area contributed by atoms with Crippen molar-refractivity contribution in [1.29, 1.82) is 0 Å². The zero-order chi connectivity index (χ0) is 24.4. The predicted octanol–water partition coefficient (Wildman–Crippen LogP) is 1.68. The van der Waals surface area contributed by atoms with Crippen molar-refractivity contribution in [1.82, 2.24) is 14.7 Å². The number of aliphatic hydroxyl groups is 1. The first-order chi connectivity index (χ1) is 15.2. The molecule has 1 fully saturated rings. The number of anilines is 2. The van der Waals surface area contributed by atoms with E-state index in [1.807, 2.05) is 0 Å². The normalized spacial score (nSPS) is 21.9. The molecule has 0 unspecified atom stereocenters. The van der Waals surface area contributed by atoms with Gasteiger partial charge in [-0.3, -0.25) is 0 Å². The van der Waals surface area contributed by atoms with Crippen LogP contribution in [0.15, 0.2) is 35.4 Å². The van der Waals surface area contributed by atoms with Crippen molar-refractivity contribution in [2.24, 2.45) is 0 Å². The Hall–Kier alpha value is -2.48. The standard InChI is InChI=1S/C17H19F3N4O5S/c1-21-30(26,27)11-4-2-10(3-5-11)23-16-22-8-12(17(18,19)20)15(24-16)29-14-9-28-7-6-13(14)25/h2-5,8,13-14,21,25H,6-7,9H2,1H3,(H,22,23,24)/t13-,14+/m1/s1/i1D3. The minimum atomic E-state index is -4.82. The van der Waals surface area contributed by atoms with Gasteiger partial charge in [-0.2, -0.15) is 18.2 Å². The van der Waals surface area contributed by atoms with Gasteiger partial charge in [-0.05, 0) is 31.2 Å². The molecule has 3 rings (SSSR count). The molecule has 1 saturated heterocycles. The highest BCUT2D eigenvalue weighted by molar-refractivity contribution is 7.89. The fourth-order valence-electron chi connectivity index (χ4n) is 2.57. The molecule has 3 N–H and O–H groups in total. The number of hydrogen-bond donors (Lipinski definition) is 3. The summed E-state index contributed by atoms with van der Waals surface area (Å²) in [6.45, 7) is -2.79. The van der Waals surface area contributed by atoms with Crippen LogP contribution in [0.5, 0.6) is 5.88 Å². The van der Waals surface area contributed by atoms with Gasteiger partial charge in [0.05, 0.1) is 17.6 Å².